The lowest BCUT2D eigenvalue weighted by Crippen LogP contribution is -2.30. The average Bonchev–Trinajstić information content (AvgIpc) is 2.67. The molecular formula is C15H23N. The van der Waals surface area contributed by atoms with Crippen molar-refractivity contribution in [3.05, 3.63) is 34.9 Å². The minimum absolute atomic E-state index is 0.736. The van der Waals surface area contributed by atoms with Crippen molar-refractivity contribution in [2.75, 3.05) is 0 Å². The molecule has 0 radical (unpaired) electrons. The molecule has 0 spiro atoms. The summed E-state index contributed by atoms with van der Waals surface area (Å²) in [6.07, 6.45) is 4.14. The molecule has 88 valence electrons. The first kappa shape index (κ1) is 11.7. The van der Waals surface area contributed by atoms with Gasteiger partial charge in [-0.25, -0.2) is 0 Å². The molecule has 0 amide bonds. The van der Waals surface area contributed by atoms with Gasteiger partial charge in [0.2, 0.25) is 0 Å². The maximum Gasteiger partial charge on any atom is 0.0210 e. The normalized spacial score (nSPS) is 24.9. The van der Waals surface area contributed by atoms with Gasteiger partial charge in [0.25, 0.3) is 0 Å². The van der Waals surface area contributed by atoms with Crippen molar-refractivity contribution in [1.29, 1.82) is 0 Å². The summed E-state index contributed by atoms with van der Waals surface area (Å²) in [5.74, 6) is 0.852. The van der Waals surface area contributed by atoms with Crippen molar-refractivity contribution in [2.24, 2.45) is 5.92 Å². The van der Waals surface area contributed by atoms with Gasteiger partial charge >= 0.3 is 0 Å². The van der Waals surface area contributed by atoms with Crippen LogP contribution in [0.25, 0.3) is 0 Å². The molecule has 1 aromatic carbocycles. The Labute approximate surface area is 99.3 Å². The maximum absolute atomic E-state index is 3.72. The molecule has 2 unspecified atom stereocenters. The van der Waals surface area contributed by atoms with Gasteiger partial charge in [-0.3, -0.25) is 0 Å². The third kappa shape index (κ3) is 2.46. The van der Waals surface area contributed by atoms with Crippen LogP contribution in [0.5, 0.6) is 0 Å². The van der Waals surface area contributed by atoms with Gasteiger partial charge in [0.1, 0.15) is 0 Å². The van der Waals surface area contributed by atoms with E-state index in [2.05, 4.69) is 44.3 Å². The third-order valence-corrected chi connectivity index (χ3v) is 4.13. The van der Waals surface area contributed by atoms with Crippen molar-refractivity contribution < 1.29 is 0 Å². The van der Waals surface area contributed by atoms with E-state index in [4.69, 9.17) is 0 Å². The molecule has 1 saturated carbocycles. The van der Waals surface area contributed by atoms with Crippen LogP contribution < -0.4 is 5.32 Å². The van der Waals surface area contributed by atoms with Crippen LogP contribution in [0.3, 0.4) is 0 Å². The summed E-state index contributed by atoms with van der Waals surface area (Å²) in [6, 6.07) is 7.34. The third-order valence-electron chi connectivity index (χ3n) is 4.13. The molecule has 0 aromatic heterocycles. The monoisotopic (exact) mass is 217 g/mol. The SMILES string of the molecule is Cc1cccc(CNC2CCCC2C)c1C. The Hall–Kier alpha value is -0.820. The van der Waals surface area contributed by atoms with Crippen molar-refractivity contribution in [3.8, 4) is 0 Å². The van der Waals surface area contributed by atoms with Crippen LogP contribution >= 0.6 is 0 Å². The fourth-order valence-corrected chi connectivity index (χ4v) is 2.69. The van der Waals surface area contributed by atoms with Crippen LogP contribution in [0.1, 0.15) is 42.9 Å². The largest absolute Gasteiger partial charge is 0.310 e. The van der Waals surface area contributed by atoms with E-state index in [1.54, 1.807) is 0 Å². The number of aryl methyl sites for hydroxylation is 1. The van der Waals surface area contributed by atoms with Crippen LogP contribution in [-0.4, -0.2) is 6.04 Å². The number of hydrogen-bond donors (Lipinski definition) is 1. The molecule has 1 nitrogen and oxygen atoms in total. The highest BCUT2D eigenvalue weighted by molar-refractivity contribution is 5.32. The first-order valence-corrected chi connectivity index (χ1v) is 6.47. The summed E-state index contributed by atoms with van der Waals surface area (Å²) in [6.45, 7) is 7.82. The number of hydrogen-bond acceptors (Lipinski definition) is 1. The molecule has 1 N–H and O–H groups in total. The molecule has 1 heteroatoms. The van der Waals surface area contributed by atoms with Gasteiger partial charge in [0.05, 0.1) is 0 Å². The van der Waals surface area contributed by atoms with E-state index in [-0.39, 0.29) is 0 Å². The summed E-state index contributed by atoms with van der Waals surface area (Å²) < 4.78 is 0. The topological polar surface area (TPSA) is 12.0 Å². The molecule has 1 aliphatic carbocycles. The van der Waals surface area contributed by atoms with Gasteiger partial charge in [-0.15, -0.1) is 0 Å². The molecule has 2 rings (SSSR count). The zero-order chi connectivity index (χ0) is 11.5. The van der Waals surface area contributed by atoms with Crippen molar-refractivity contribution in [2.45, 2.75) is 52.6 Å². The highest BCUT2D eigenvalue weighted by Crippen LogP contribution is 2.25. The summed E-state index contributed by atoms with van der Waals surface area (Å²) in [7, 11) is 0. The molecule has 16 heavy (non-hydrogen) atoms. The number of nitrogens with one attached hydrogen (secondary N) is 1. The van der Waals surface area contributed by atoms with Crippen molar-refractivity contribution in [3.63, 3.8) is 0 Å². The average molecular weight is 217 g/mol. The smallest absolute Gasteiger partial charge is 0.0210 e. The minimum Gasteiger partial charge on any atom is -0.310 e. The van der Waals surface area contributed by atoms with Gasteiger partial charge in [-0.2, -0.15) is 0 Å². The zero-order valence-electron chi connectivity index (χ0n) is 10.7. The first-order chi connectivity index (χ1) is 7.68. The molecule has 0 saturated heterocycles. The van der Waals surface area contributed by atoms with E-state index >= 15 is 0 Å². The highest BCUT2D eigenvalue weighted by atomic mass is 14.9. The Morgan fingerprint density at radius 3 is 2.75 bits per heavy atom. The van der Waals surface area contributed by atoms with Crippen molar-refractivity contribution >= 4 is 0 Å². The van der Waals surface area contributed by atoms with Crippen LogP contribution in [-0.2, 0) is 6.54 Å². The number of rotatable bonds is 3. The van der Waals surface area contributed by atoms with Crippen LogP contribution in [0.15, 0.2) is 18.2 Å². The molecule has 1 fully saturated rings. The van der Waals surface area contributed by atoms with E-state index in [1.165, 1.54) is 36.0 Å². The summed E-state index contributed by atoms with van der Waals surface area (Å²) >= 11 is 0. The van der Waals surface area contributed by atoms with E-state index in [0.717, 1.165) is 18.5 Å². The van der Waals surface area contributed by atoms with Crippen LogP contribution in [0.4, 0.5) is 0 Å². The lowest BCUT2D eigenvalue weighted by atomic mass is 10.0. The predicted octanol–water partition coefficient (Wildman–Crippen LogP) is 3.58. The summed E-state index contributed by atoms with van der Waals surface area (Å²) in [5, 5.41) is 3.72. The van der Waals surface area contributed by atoms with Crippen molar-refractivity contribution in [1.82, 2.24) is 5.32 Å². The molecule has 1 aromatic rings. The Kier molecular flexibility index (Phi) is 3.65. The Balaban J connectivity index is 1.96. The van der Waals surface area contributed by atoms with Gasteiger partial charge in [0, 0.05) is 12.6 Å². The van der Waals surface area contributed by atoms with E-state index in [0.29, 0.717) is 0 Å². The standard InChI is InChI=1S/C15H23N/c1-11-6-4-8-14(13(11)3)10-16-15-9-5-7-12(15)2/h4,6,8,12,15-16H,5,7,9-10H2,1-3H3. The molecule has 2 atom stereocenters. The Bertz CT molecular complexity index is 356. The fraction of sp³-hybridized carbons (Fsp3) is 0.600. The highest BCUT2D eigenvalue weighted by Gasteiger charge is 2.22. The second-order valence-electron chi connectivity index (χ2n) is 5.25. The van der Waals surface area contributed by atoms with Gasteiger partial charge in [-0.05, 0) is 49.3 Å². The molecule has 0 heterocycles. The number of benzene rings is 1. The zero-order valence-corrected chi connectivity index (χ0v) is 10.7. The predicted molar refractivity (Wildman–Crippen MR) is 69.6 cm³/mol. The van der Waals surface area contributed by atoms with Gasteiger partial charge < -0.3 is 5.32 Å². The molecule has 0 bridgehead atoms. The van der Waals surface area contributed by atoms with Gasteiger partial charge in [-0.1, -0.05) is 31.5 Å². The lowest BCUT2D eigenvalue weighted by Gasteiger charge is -2.18. The van der Waals surface area contributed by atoms with E-state index in [9.17, 15) is 0 Å². The van der Waals surface area contributed by atoms with E-state index in [1.807, 2.05) is 0 Å². The second kappa shape index (κ2) is 5.01. The fourth-order valence-electron chi connectivity index (χ4n) is 2.69. The van der Waals surface area contributed by atoms with Crippen LogP contribution in [0.2, 0.25) is 0 Å². The quantitative estimate of drug-likeness (QED) is 0.816. The summed E-state index contributed by atoms with van der Waals surface area (Å²) in [5.41, 5.74) is 4.30. The van der Waals surface area contributed by atoms with Gasteiger partial charge in [0.15, 0.2) is 0 Å². The maximum atomic E-state index is 3.72. The Morgan fingerprint density at radius 1 is 1.25 bits per heavy atom. The lowest BCUT2D eigenvalue weighted by molar-refractivity contribution is 0.425. The van der Waals surface area contributed by atoms with E-state index < -0.39 is 0 Å². The molecule has 0 aliphatic heterocycles. The molecule has 1 aliphatic rings. The minimum atomic E-state index is 0.736. The second-order valence-corrected chi connectivity index (χ2v) is 5.25. The molecular weight excluding hydrogens is 194 g/mol. The summed E-state index contributed by atoms with van der Waals surface area (Å²) in [4.78, 5) is 0. The van der Waals surface area contributed by atoms with Crippen LogP contribution in [0, 0.1) is 19.8 Å². The first-order valence-electron chi connectivity index (χ1n) is 6.47. The Morgan fingerprint density at radius 2 is 2.06 bits per heavy atom.